The molecule has 0 aliphatic carbocycles. The van der Waals surface area contributed by atoms with Gasteiger partial charge in [-0.15, -0.1) is 0 Å². The lowest BCUT2D eigenvalue weighted by Crippen LogP contribution is -2.45. The average Bonchev–Trinajstić information content (AvgIpc) is 2.40. The van der Waals surface area contributed by atoms with E-state index in [4.69, 9.17) is 5.11 Å². The highest BCUT2D eigenvalue weighted by molar-refractivity contribution is 5.65. The highest BCUT2D eigenvalue weighted by atomic mass is 16.4. The Morgan fingerprint density at radius 3 is 2.33 bits per heavy atom. The summed E-state index contributed by atoms with van der Waals surface area (Å²) in [6.07, 6.45) is 1.41. The molecule has 1 fully saturated rings. The van der Waals surface area contributed by atoms with Gasteiger partial charge in [0.1, 0.15) is 0 Å². The maximum absolute atomic E-state index is 10.9. The number of amides is 1. The van der Waals surface area contributed by atoms with Gasteiger partial charge in [0, 0.05) is 25.1 Å². The molecule has 2 N–H and O–H groups in total. The predicted molar refractivity (Wildman–Crippen MR) is 68.5 cm³/mol. The van der Waals surface area contributed by atoms with Crippen LogP contribution < -0.4 is 0 Å². The van der Waals surface area contributed by atoms with Crippen LogP contribution >= 0.6 is 0 Å². The number of likely N-dealkylation sites (tertiary alicyclic amines) is 1. The van der Waals surface area contributed by atoms with E-state index >= 15 is 0 Å². The Balaban J connectivity index is 2.03. The van der Waals surface area contributed by atoms with E-state index in [1.54, 1.807) is 0 Å². The van der Waals surface area contributed by atoms with E-state index in [0.29, 0.717) is 13.1 Å². The molecule has 1 amide bonds. The van der Waals surface area contributed by atoms with Crippen LogP contribution in [0.2, 0.25) is 0 Å². The fourth-order valence-corrected chi connectivity index (χ4v) is 2.59. The summed E-state index contributed by atoms with van der Waals surface area (Å²) in [6, 6.07) is 10.1. The van der Waals surface area contributed by atoms with E-state index in [1.807, 2.05) is 18.2 Å². The fraction of sp³-hybridized carbons (Fsp3) is 0.500. The van der Waals surface area contributed by atoms with E-state index in [2.05, 4.69) is 12.1 Å². The van der Waals surface area contributed by atoms with Crippen molar-refractivity contribution in [1.29, 1.82) is 0 Å². The lowest BCUT2D eigenvalue weighted by Gasteiger charge is -2.39. The Morgan fingerprint density at radius 1 is 1.22 bits per heavy atom. The fourth-order valence-electron chi connectivity index (χ4n) is 2.59. The van der Waals surface area contributed by atoms with Crippen molar-refractivity contribution in [3.63, 3.8) is 0 Å². The van der Waals surface area contributed by atoms with Crippen LogP contribution in [0.1, 0.15) is 18.4 Å². The summed E-state index contributed by atoms with van der Waals surface area (Å²) < 4.78 is 0. The first kappa shape index (κ1) is 12.9. The molecule has 1 heterocycles. The van der Waals surface area contributed by atoms with Gasteiger partial charge in [-0.05, 0) is 24.8 Å². The number of hydrogen-bond acceptors (Lipinski definition) is 2. The molecule has 1 aliphatic heterocycles. The Morgan fingerprint density at radius 2 is 1.83 bits per heavy atom. The Kier molecular flexibility index (Phi) is 3.87. The lowest BCUT2D eigenvalue weighted by atomic mass is 9.74. The number of benzene rings is 1. The van der Waals surface area contributed by atoms with Crippen LogP contribution in [0.5, 0.6) is 0 Å². The quantitative estimate of drug-likeness (QED) is 0.861. The SMILES string of the molecule is O=C(O)N1CCC(CO)(Cc2ccccc2)CC1. The van der Waals surface area contributed by atoms with Gasteiger partial charge in [0.25, 0.3) is 0 Å². The normalized spacial score (nSPS) is 18.6. The molecule has 1 aromatic carbocycles. The Hall–Kier alpha value is -1.55. The predicted octanol–water partition coefficient (Wildman–Crippen LogP) is 1.98. The molecule has 18 heavy (non-hydrogen) atoms. The van der Waals surface area contributed by atoms with Crippen molar-refractivity contribution in [2.75, 3.05) is 19.7 Å². The zero-order valence-corrected chi connectivity index (χ0v) is 10.4. The molecule has 1 saturated heterocycles. The monoisotopic (exact) mass is 249 g/mol. The zero-order chi connectivity index (χ0) is 13.0. The van der Waals surface area contributed by atoms with E-state index in [0.717, 1.165) is 19.3 Å². The van der Waals surface area contributed by atoms with Crippen LogP contribution in [0, 0.1) is 5.41 Å². The van der Waals surface area contributed by atoms with Gasteiger partial charge >= 0.3 is 6.09 Å². The minimum atomic E-state index is -0.860. The molecule has 0 bridgehead atoms. The molecule has 0 radical (unpaired) electrons. The lowest BCUT2D eigenvalue weighted by molar-refractivity contribution is 0.0446. The van der Waals surface area contributed by atoms with Gasteiger partial charge in [-0.1, -0.05) is 30.3 Å². The molecule has 4 nitrogen and oxygen atoms in total. The maximum atomic E-state index is 10.9. The third kappa shape index (κ3) is 2.82. The Labute approximate surface area is 107 Å². The Bertz CT molecular complexity index is 397. The minimum absolute atomic E-state index is 0.120. The van der Waals surface area contributed by atoms with Gasteiger partial charge in [0.2, 0.25) is 0 Å². The summed E-state index contributed by atoms with van der Waals surface area (Å²) >= 11 is 0. The second-order valence-electron chi connectivity index (χ2n) is 5.09. The molecule has 98 valence electrons. The number of rotatable bonds is 3. The summed E-state index contributed by atoms with van der Waals surface area (Å²) in [5, 5.41) is 18.6. The number of aliphatic hydroxyl groups excluding tert-OH is 1. The molecule has 1 aliphatic rings. The number of nitrogens with zero attached hydrogens (tertiary/aromatic N) is 1. The van der Waals surface area contributed by atoms with E-state index in [9.17, 15) is 9.90 Å². The molecular formula is C14H19NO3. The second-order valence-corrected chi connectivity index (χ2v) is 5.09. The average molecular weight is 249 g/mol. The third-order valence-electron chi connectivity index (χ3n) is 3.85. The number of piperidine rings is 1. The maximum Gasteiger partial charge on any atom is 0.407 e. The van der Waals surface area contributed by atoms with Crippen LogP contribution in [-0.4, -0.2) is 40.9 Å². The van der Waals surface area contributed by atoms with Crippen molar-refractivity contribution < 1.29 is 15.0 Å². The molecule has 0 unspecified atom stereocenters. The van der Waals surface area contributed by atoms with Gasteiger partial charge in [0.15, 0.2) is 0 Å². The molecular weight excluding hydrogens is 230 g/mol. The molecule has 4 heteroatoms. The number of aliphatic hydroxyl groups is 1. The van der Waals surface area contributed by atoms with Crippen molar-refractivity contribution in [1.82, 2.24) is 4.90 Å². The van der Waals surface area contributed by atoms with Crippen LogP contribution in [0.25, 0.3) is 0 Å². The minimum Gasteiger partial charge on any atom is -0.465 e. The molecule has 0 aromatic heterocycles. The van der Waals surface area contributed by atoms with Crippen molar-refractivity contribution in [3.8, 4) is 0 Å². The van der Waals surface area contributed by atoms with Crippen molar-refractivity contribution in [3.05, 3.63) is 35.9 Å². The van der Waals surface area contributed by atoms with E-state index in [-0.39, 0.29) is 12.0 Å². The summed E-state index contributed by atoms with van der Waals surface area (Å²) in [4.78, 5) is 12.3. The van der Waals surface area contributed by atoms with Crippen molar-refractivity contribution in [2.24, 2.45) is 5.41 Å². The van der Waals surface area contributed by atoms with Crippen LogP contribution in [0.3, 0.4) is 0 Å². The van der Waals surface area contributed by atoms with Crippen LogP contribution in [0.15, 0.2) is 30.3 Å². The number of carboxylic acid groups (broad SMARTS) is 1. The molecule has 2 rings (SSSR count). The number of carbonyl (C=O) groups is 1. The van der Waals surface area contributed by atoms with Crippen LogP contribution in [-0.2, 0) is 6.42 Å². The van der Waals surface area contributed by atoms with Crippen molar-refractivity contribution in [2.45, 2.75) is 19.3 Å². The van der Waals surface area contributed by atoms with E-state index < -0.39 is 6.09 Å². The van der Waals surface area contributed by atoms with Gasteiger partial charge < -0.3 is 15.1 Å². The summed E-state index contributed by atoms with van der Waals surface area (Å²) in [5.74, 6) is 0. The van der Waals surface area contributed by atoms with Crippen molar-refractivity contribution >= 4 is 6.09 Å². The third-order valence-corrected chi connectivity index (χ3v) is 3.85. The van der Waals surface area contributed by atoms with Gasteiger partial charge in [-0.3, -0.25) is 0 Å². The molecule has 0 saturated carbocycles. The molecule has 0 atom stereocenters. The topological polar surface area (TPSA) is 60.8 Å². The first-order valence-corrected chi connectivity index (χ1v) is 6.28. The first-order chi connectivity index (χ1) is 8.65. The standard InChI is InChI=1S/C14H19NO3/c16-11-14(10-12-4-2-1-3-5-12)6-8-15(9-7-14)13(17)18/h1-5,16H,6-11H2,(H,17,18). The largest absolute Gasteiger partial charge is 0.465 e. The van der Waals surface area contributed by atoms with E-state index in [1.165, 1.54) is 10.5 Å². The first-order valence-electron chi connectivity index (χ1n) is 6.28. The van der Waals surface area contributed by atoms with Crippen LogP contribution in [0.4, 0.5) is 4.79 Å². The summed E-state index contributed by atoms with van der Waals surface area (Å²) in [7, 11) is 0. The second kappa shape index (κ2) is 5.40. The summed E-state index contributed by atoms with van der Waals surface area (Å²) in [6.45, 7) is 1.15. The van der Waals surface area contributed by atoms with Gasteiger partial charge in [0.05, 0.1) is 0 Å². The highest BCUT2D eigenvalue weighted by Crippen LogP contribution is 2.34. The smallest absolute Gasteiger partial charge is 0.407 e. The highest BCUT2D eigenvalue weighted by Gasteiger charge is 2.35. The van der Waals surface area contributed by atoms with Gasteiger partial charge in [-0.25, -0.2) is 4.79 Å². The summed E-state index contributed by atoms with van der Waals surface area (Å²) in [5.41, 5.74) is 1.04. The number of hydrogen-bond donors (Lipinski definition) is 2. The zero-order valence-electron chi connectivity index (χ0n) is 10.4. The molecule has 0 spiro atoms. The van der Waals surface area contributed by atoms with Gasteiger partial charge in [-0.2, -0.15) is 0 Å². The molecule has 1 aromatic rings.